The number of halogens is 1. The Morgan fingerprint density at radius 3 is 2.85 bits per heavy atom. The normalized spacial score (nSPS) is 13.8. The van der Waals surface area contributed by atoms with Gasteiger partial charge >= 0.3 is 6.09 Å². The molecule has 0 unspecified atom stereocenters. The van der Waals surface area contributed by atoms with Gasteiger partial charge in [-0.1, -0.05) is 41.4 Å². The van der Waals surface area contributed by atoms with Crippen molar-refractivity contribution < 1.29 is 19.1 Å². The van der Waals surface area contributed by atoms with Crippen LogP contribution >= 0.6 is 0 Å². The van der Waals surface area contributed by atoms with E-state index in [4.69, 9.17) is 9.94 Å². The molecule has 0 radical (unpaired) electrons. The van der Waals surface area contributed by atoms with E-state index in [0.717, 1.165) is 11.8 Å². The molecule has 1 aliphatic heterocycles. The van der Waals surface area contributed by atoms with Gasteiger partial charge in [-0.05, 0) is 23.6 Å². The van der Waals surface area contributed by atoms with E-state index in [2.05, 4.69) is 22.0 Å². The summed E-state index contributed by atoms with van der Waals surface area (Å²) in [4.78, 5) is 17.5. The van der Waals surface area contributed by atoms with Crippen molar-refractivity contribution in [1.82, 2.24) is 9.88 Å². The molecule has 0 atom stereocenters. The van der Waals surface area contributed by atoms with E-state index in [1.165, 1.54) is 12.1 Å². The molecule has 1 amide bonds. The van der Waals surface area contributed by atoms with Gasteiger partial charge in [0.1, 0.15) is 18.0 Å². The van der Waals surface area contributed by atoms with Gasteiger partial charge < -0.3 is 14.8 Å². The van der Waals surface area contributed by atoms with Crippen molar-refractivity contribution in [2.24, 2.45) is 11.1 Å². The van der Waals surface area contributed by atoms with Crippen LogP contribution in [0.25, 0.3) is 0 Å². The lowest BCUT2D eigenvalue weighted by molar-refractivity contribution is 0.0624. The molecule has 1 aromatic carbocycles. The highest BCUT2D eigenvalue weighted by molar-refractivity contribution is 5.76. The van der Waals surface area contributed by atoms with Crippen molar-refractivity contribution in [3.05, 3.63) is 65.2 Å². The minimum Gasteiger partial charge on any atom is -0.445 e. The van der Waals surface area contributed by atoms with Crippen molar-refractivity contribution in [1.29, 1.82) is 0 Å². The summed E-state index contributed by atoms with van der Waals surface area (Å²) in [6.45, 7) is 1.20. The smallest absolute Gasteiger partial charge is 0.410 e. The van der Waals surface area contributed by atoms with E-state index in [-0.39, 0.29) is 24.3 Å². The first-order valence-corrected chi connectivity index (χ1v) is 7.97. The number of carbonyl (C=O) groups is 1. The molecule has 2 aromatic rings. The Bertz CT molecular complexity index is 869. The van der Waals surface area contributed by atoms with Crippen molar-refractivity contribution in [2.45, 2.75) is 6.61 Å². The molecule has 0 saturated carbocycles. The fourth-order valence-corrected chi connectivity index (χ4v) is 2.38. The highest BCUT2D eigenvalue weighted by Crippen LogP contribution is 2.16. The third-order valence-electron chi connectivity index (χ3n) is 3.80. The number of rotatable bonds is 3. The van der Waals surface area contributed by atoms with E-state index in [9.17, 15) is 9.18 Å². The van der Waals surface area contributed by atoms with Crippen molar-refractivity contribution in [2.75, 3.05) is 13.1 Å². The van der Waals surface area contributed by atoms with Crippen molar-refractivity contribution >= 4 is 12.3 Å². The molecule has 6 nitrogen and oxygen atoms in total. The molecule has 1 aromatic heterocycles. The van der Waals surface area contributed by atoms with Gasteiger partial charge in [-0.3, -0.25) is 0 Å². The van der Waals surface area contributed by atoms with E-state index < -0.39 is 5.82 Å². The predicted molar refractivity (Wildman–Crippen MR) is 92.1 cm³/mol. The molecule has 0 aliphatic carbocycles. The Labute approximate surface area is 149 Å². The average molecular weight is 353 g/mol. The van der Waals surface area contributed by atoms with E-state index in [0.29, 0.717) is 18.8 Å². The zero-order chi connectivity index (χ0) is 18.4. The maximum Gasteiger partial charge on any atom is 0.410 e. The summed E-state index contributed by atoms with van der Waals surface area (Å²) in [5.41, 5.74) is 1.22. The number of amides is 1. The van der Waals surface area contributed by atoms with Crippen LogP contribution in [0, 0.1) is 23.6 Å². The van der Waals surface area contributed by atoms with Crippen LogP contribution in [0.1, 0.15) is 17.0 Å². The van der Waals surface area contributed by atoms with Crippen LogP contribution in [-0.4, -0.2) is 40.5 Å². The molecule has 1 fully saturated rings. The third-order valence-corrected chi connectivity index (χ3v) is 3.80. The molecule has 1 saturated heterocycles. The maximum atomic E-state index is 13.4. The number of pyridine rings is 1. The predicted octanol–water partition coefficient (Wildman–Crippen LogP) is 2.65. The standard InChI is InChI=1S/C19H16FN3O3/c20-17-9-8-16(22-18(17)10-21-25)7-6-15-11-23(12-15)19(24)26-13-14-4-2-1-3-5-14/h1-5,8-10,15,25H,11-13H2/b21-10-. The lowest BCUT2D eigenvalue weighted by atomic mass is 10.0. The average Bonchev–Trinajstić information content (AvgIpc) is 2.62. The van der Waals surface area contributed by atoms with Crippen molar-refractivity contribution in [3.8, 4) is 11.8 Å². The van der Waals surface area contributed by atoms with Crippen LogP contribution in [0.5, 0.6) is 0 Å². The van der Waals surface area contributed by atoms with Crippen LogP contribution < -0.4 is 0 Å². The summed E-state index contributed by atoms with van der Waals surface area (Å²) in [6, 6.07) is 12.1. The molecule has 2 heterocycles. The number of oxime groups is 1. The number of nitrogens with zero attached hydrogens (tertiary/aromatic N) is 3. The minimum absolute atomic E-state index is 0.0149. The van der Waals surface area contributed by atoms with Gasteiger partial charge in [-0.15, -0.1) is 0 Å². The Balaban J connectivity index is 1.49. The molecule has 26 heavy (non-hydrogen) atoms. The third kappa shape index (κ3) is 4.36. The Morgan fingerprint density at radius 2 is 2.12 bits per heavy atom. The molecular weight excluding hydrogens is 337 g/mol. The zero-order valence-electron chi connectivity index (χ0n) is 13.8. The zero-order valence-corrected chi connectivity index (χ0v) is 13.8. The van der Waals surface area contributed by atoms with Crippen LogP contribution in [-0.2, 0) is 11.3 Å². The second kappa shape index (κ2) is 8.12. The lowest BCUT2D eigenvalue weighted by Crippen LogP contribution is -2.49. The van der Waals surface area contributed by atoms with Gasteiger partial charge in [0.15, 0.2) is 5.82 Å². The SMILES string of the molecule is O=C(OCc1ccccc1)N1CC(C#Cc2ccc(F)c(/C=N\O)n2)C1. The number of carbonyl (C=O) groups excluding carboxylic acids is 1. The van der Waals surface area contributed by atoms with E-state index >= 15 is 0 Å². The Kier molecular flexibility index (Phi) is 5.44. The summed E-state index contributed by atoms with van der Waals surface area (Å²) >= 11 is 0. The van der Waals surface area contributed by atoms with Gasteiger partial charge in [0.2, 0.25) is 0 Å². The van der Waals surface area contributed by atoms with Crippen LogP contribution in [0.3, 0.4) is 0 Å². The molecule has 0 spiro atoms. The first-order chi connectivity index (χ1) is 12.7. The number of ether oxygens (including phenoxy) is 1. The van der Waals surface area contributed by atoms with Gasteiger partial charge in [0.05, 0.1) is 12.1 Å². The number of benzene rings is 1. The topological polar surface area (TPSA) is 75.0 Å². The second-order valence-electron chi connectivity index (χ2n) is 5.72. The minimum atomic E-state index is -0.593. The highest BCUT2D eigenvalue weighted by atomic mass is 19.1. The molecule has 0 bridgehead atoms. The molecular formula is C19H16FN3O3. The maximum absolute atomic E-state index is 13.4. The first-order valence-electron chi connectivity index (χ1n) is 7.97. The Morgan fingerprint density at radius 1 is 1.35 bits per heavy atom. The fraction of sp³-hybridized carbons (Fsp3) is 0.211. The summed E-state index contributed by atoms with van der Waals surface area (Å²) in [6.07, 6.45) is 0.544. The summed E-state index contributed by atoms with van der Waals surface area (Å²) < 4.78 is 18.6. The van der Waals surface area contributed by atoms with E-state index in [1.807, 2.05) is 30.3 Å². The molecule has 1 aliphatic rings. The molecule has 7 heteroatoms. The summed E-state index contributed by atoms with van der Waals surface area (Å²) in [7, 11) is 0. The fourth-order valence-electron chi connectivity index (χ4n) is 2.38. The number of likely N-dealkylation sites (tertiary alicyclic amines) is 1. The number of hydrogen-bond acceptors (Lipinski definition) is 5. The summed E-state index contributed by atoms with van der Waals surface area (Å²) in [5.74, 6) is 5.25. The molecule has 132 valence electrons. The monoisotopic (exact) mass is 353 g/mol. The largest absolute Gasteiger partial charge is 0.445 e. The number of hydrogen-bond donors (Lipinski definition) is 1. The van der Waals surface area contributed by atoms with Crippen LogP contribution in [0.4, 0.5) is 9.18 Å². The summed E-state index contributed by atoms with van der Waals surface area (Å²) in [5, 5.41) is 11.2. The first kappa shape index (κ1) is 17.4. The second-order valence-corrected chi connectivity index (χ2v) is 5.72. The quantitative estimate of drug-likeness (QED) is 0.398. The number of aromatic nitrogens is 1. The van der Waals surface area contributed by atoms with Gasteiger partial charge in [0.25, 0.3) is 0 Å². The van der Waals surface area contributed by atoms with Gasteiger partial charge in [-0.2, -0.15) is 0 Å². The Hall–Kier alpha value is -3.40. The van der Waals surface area contributed by atoms with Crippen molar-refractivity contribution in [3.63, 3.8) is 0 Å². The lowest BCUT2D eigenvalue weighted by Gasteiger charge is -2.35. The molecule has 1 N–H and O–H groups in total. The highest BCUT2D eigenvalue weighted by Gasteiger charge is 2.30. The van der Waals surface area contributed by atoms with Crippen LogP contribution in [0.15, 0.2) is 47.6 Å². The van der Waals surface area contributed by atoms with Crippen LogP contribution in [0.2, 0.25) is 0 Å². The van der Waals surface area contributed by atoms with Gasteiger partial charge in [0, 0.05) is 13.1 Å². The molecule has 3 rings (SSSR count). The van der Waals surface area contributed by atoms with Gasteiger partial charge in [-0.25, -0.2) is 14.2 Å². The van der Waals surface area contributed by atoms with E-state index in [1.54, 1.807) is 4.90 Å².